The molecule has 0 saturated carbocycles. The summed E-state index contributed by atoms with van der Waals surface area (Å²) < 4.78 is 5.62. The highest BCUT2D eigenvalue weighted by molar-refractivity contribution is 8.00. The molecule has 1 aromatic rings. The smallest absolute Gasteiger partial charge is 0.260 e. The molecule has 0 radical (unpaired) electrons. The third-order valence-electron chi connectivity index (χ3n) is 3.00. The second kappa shape index (κ2) is 5.74. The fourth-order valence-corrected chi connectivity index (χ4v) is 3.18. The molecule has 4 nitrogen and oxygen atoms in total. The molecule has 1 aliphatic heterocycles. The van der Waals surface area contributed by atoms with Gasteiger partial charge in [-0.25, -0.2) is 0 Å². The quantitative estimate of drug-likeness (QED) is 0.860. The van der Waals surface area contributed by atoms with Gasteiger partial charge in [-0.3, -0.25) is 4.79 Å². The van der Waals surface area contributed by atoms with Gasteiger partial charge in [0, 0.05) is 35.3 Å². The van der Waals surface area contributed by atoms with Crippen molar-refractivity contribution in [1.82, 2.24) is 4.90 Å². The Morgan fingerprint density at radius 2 is 2.32 bits per heavy atom. The first-order valence-electron chi connectivity index (χ1n) is 6.36. The fraction of sp³-hybridized carbons (Fsp3) is 0.500. The van der Waals surface area contributed by atoms with Crippen molar-refractivity contribution in [2.24, 2.45) is 0 Å². The average Bonchev–Trinajstić information content (AvgIpc) is 2.35. The van der Waals surface area contributed by atoms with Gasteiger partial charge in [0.15, 0.2) is 6.61 Å². The number of hydrogen-bond donors (Lipinski definition) is 1. The number of rotatable bonds is 3. The van der Waals surface area contributed by atoms with Crippen LogP contribution in [0.5, 0.6) is 5.75 Å². The zero-order valence-corrected chi connectivity index (χ0v) is 12.2. The van der Waals surface area contributed by atoms with Crippen molar-refractivity contribution in [3.05, 3.63) is 24.3 Å². The van der Waals surface area contributed by atoms with Crippen LogP contribution >= 0.6 is 11.8 Å². The number of carbonyl (C=O) groups is 1. The van der Waals surface area contributed by atoms with Crippen LogP contribution in [0, 0.1) is 0 Å². The lowest BCUT2D eigenvalue weighted by Crippen LogP contribution is -2.47. The summed E-state index contributed by atoms with van der Waals surface area (Å²) in [4.78, 5) is 14.0. The van der Waals surface area contributed by atoms with Crippen LogP contribution in [0.1, 0.15) is 13.8 Å². The summed E-state index contributed by atoms with van der Waals surface area (Å²) in [5, 5.41) is 0. The lowest BCUT2D eigenvalue weighted by Gasteiger charge is -2.37. The first-order valence-corrected chi connectivity index (χ1v) is 7.35. The Morgan fingerprint density at radius 3 is 3.00 bits per heavy atom. The monoisotopic (exact) mass is 280 g/mol. The molecule has 2 N–H and O–H groups in total. The second-order valence-electron chi connectivity index (χ2n) is 5.28. The molecule has 0 aromatic heterocycles. The molecule has 0 atom stereocenters. The van der Waals surface area contributed by atoms with E-state index in [-0.39, 0.29) is 17.3 Å². The van der Waals surface area contributed by atoms with Crippen molar-refractivity contribution >= 4 is 23.4 Å². The zero-order chi connectivity index (χ0) is 13.9. The Labute approximate surface area is 118 Å². The number of benzene rings is 1. The van der Waals surface area contributed by atoms with Crippen molar-refractivity contribution in [3.8, 4) is 5.75 Å². The van der Waals surface area contributed by atoms with Gasteiger partial charge in [0.2, 0.25) is 0 Å². The lowest BCUT2D eigenvalue weighted by atomic mass is 10.2. The van der Waals surface area contributed by atoms with Crippen LogP contribution in [0.15, 0.2) is 24.3 Å². The molecule has 0 unspecified atom stereocenters. The van der Waals surface area contributed by atoms with Crippen molar-refractivity contribution in [2.45, 2.75) is 18.6 Å². The summed E-state index contributed by atoms with van der Waals surface area (Å²) in [6.45, 7) is 5.97. The van der Waals surface area contributed by atoms with Gasteiger partial charge < -0.3 is 15.4 Å². The minimum absolute atomic E-state index is 0.0378. The molecule has 2 rings (SSSR count). The Bertz CT molecular complexity index is 463. The van der Waals surface area contributed by atoms with Gasteiger partial charge in [-0.05, 0) is 26.0 Å². The molecular formula is C14H20N2O2S. The third kappa shape index (κ3) is 4.06. The van der Waals surface area contributed by atoms with Crippen molar-refractivity contribution in [3.63, 3.8) is 0 Å². The van der Waals surface area contributed by atoms with Crippen molar-refractivity contribution in [1.29, 1.82) is 0 Å². The Kier molecular flexibility index (Phi) is 4.24. The minimum atomic E-state index is 0.0378. The molecule has 1 aliphatic rings. The van der Waals surface area contributed by atoms with Gasteiger partial charge in [0.25, 0.3) is 5.91 Å². The maximum Gasteiger partial charge on any atom is 0.260 e. The molecule has 19 heavy (non-hydrogen) atoms. The van der Waals surface area contributed by atoms with Gasteiger partial charge in [-0.1, -0.05) is 6.07 Å². The highest BCUT2D eigenvalue weighted by Crippen LogP contribution is 2.29. The Balaban J connectivity index is 1.87. The summed E-state index contributed by atoms with van der Waals surface area (Å²) in [7, 11) is 0. The maximum atomic E-state index is 12.1. The average molecular weight is 280 g/mol. The number of ether oxygens (including phenoxy) is 1. The number of carbonyl (C=O) groups excluding carboxylic acids is 1. The van der Waals surface area contributed by atoms with Crippen molar-refractivity contribution < 1.29 is 9.53 Å². The second-order valence-corrected chi connectivity index (χ2v) is 7.09. The van der Waals surface area contributed by atoms with Crippen LogP contribution in [-0.4, -0.2) is 41.0 Å². The van der Waals surface area contributed by atoms with Crippen LogP contribution < -0.4 is 10.5 Å². The van der Waals surface area contributed by atoms with Gasteiger partial charge >= 0.3 is 0 Å². The SMILES string of the molecule is CC1(C)CN(C(=O)COc2cccc(N)c2)CCS1. The van der Waals surface area contributed by atoms with Crippen LogP contribution in [-0.2, 0) is 4.79 Å². The minimum Gasteiger partial charge on any atom is -0.484 e. The van der Waals surface area contributed by atoms with E-state index in [4.69, 9.17) is 10.5 Å². The van der Waals surface area contributed by atoms with E-state index >= 15 is 0 Å². The number of anilines is 1. The molecule has 1 saturated heterocycles. The standard InChI is InChI=1S/C14H20N2O2S/c1-14(2)10-16(6-7-19-14)13(17)9-18-12-5-3-4-11(15)8-12/h3-5,8H,6-7,9-10,15H2,1-2H3. The topological polar surface area (TPSA) is 55.6 Å². The lowest BCUT2D eigenvalue weighted by molar-refractivity contribution is -0.133. The predicted octanol–water partition coefficient (Wildman–Crippen LogP) is 2.00. The van der Waals surface area contributed by atoms with E-state index in [9.17, 15) is 4.79 Å². The molecule has 1 aromatic carbocycles. The Morgan fingerprint density at radius 1 is 1.53 bits per heavy atom. The normalized spacial score (nSPS) is 18.1. The van der Waals surface area contributed by atoms with Crippen LogP contribution in [0.25, 0.3) is 0 Å². The van der Waals surface area contributed by atoms with E-state index in [0.29, 0.717) is 11.4 Å². The number of amides is 1. The molecule has 0 bridgehead atoms. The van der Waals surface area contributed by atoms with E-state index in [1.54, 1.807) is 18.2 Å². The predicted molar refractivity (Wildman–Crippen MR) is 79.5 cm³/mol. The third-order valence-corrected chi connectivity index (χ3v) is 4.30. The molecule has 104 valence electrons. The molecule has 0 aliphatic carbocycles. The largest absolute Gasteiger partial charge is 0.484 e. The van der Waals surface area contributed by atoms with Crippen LogP contribution in [0.3, 0.4) is 0 Å². The molecule has 1 fully saturated rings. The van der Waals surface area contributed by atoms with Crippen molar-refractivity contribution in [2.75, 3.05) is 31.2 Å². The summed E-state index contributed by atoms with van der Waals surface area (Å²) in [5.41, 5.74) is 6.30. The summed E-state index contributed by atoms with van der Waals surface area (Å²) in [5.74, 6) is 1.66. The van der Waals surface area contributed by atoms with E-state index in [0.717, 1.165) is 18.8 Å². The van der Waals surface area contributed by atoms with Crippen LogP contribution in [0.4, 0.5) is 5.69 Å². The summed E-state index contributed by atoms with van der Waals surface area (Å²) in [6, 6.07) is 7.14. The summed E-state index contributed by atoms with van der Waals surface area (Å²) >= 11 is 1.91. The van der Waals surface area contributed by atoms with Crippen LogP contribution in [0.2, 0.25) is 0 Å². The van der Waals surface area contributed by atoms with E-state index < -0.39 is 0 Å². The first kappa shape index (κ1) is 14.1. The van der Waals surface area contributed by atoms with Gasteiger partial charge in [0.1, 0.15) is 5.75 Å². The number of thioether (sulfide) groups is 1. The molecule has 1 heterocycles. The van der Waals surface area contributed by atoms with Gasteiger partial charge in [-0.2, -0.15) is 11.8 Å². The summed E-state index contributed by atoms with van der Waals surface area (Å²) in [6.07, 6.45) is 0. The molecular weight excluding hydrogens is 260 g/mol. The Hall–Kier alpha value is -1.36. The number of hydrogen-bond acceptors (Lipinski definition) is 4. The zero-order valence-electron chi connectivity index (χ0n) is 11.4. The fourth-order valence-electron chi connectivity index (χ4n) is 2.07. The van der Waals surface area contributed by atoms with E-state index in [1.165, 1.54) is 0 Å². The molecule has 1 amide bonds. The number of nitrogen functional groups attached to an aromatic ring is 1. The maximum absolute atomic E-state index is 12.1. The highest BCUT2D eigenvalue weighted by Gasteiger charge is 2.29. The van der Waals surface area contributed by atoms with Gasteiger partial charge in [0.05, 0.1) is 0 Å². The van der Waals surface area contributed by atoms with E-state index in [2.05, 4.69) is 13.8 Å². The number of nitrogens with two attached hydrogens (primary N) is 1. The molecule has 0 spiro atoms. The van der Waals surface area contributed by atoms with Gasteiger partial charge in [-0.15, -0.1) is 0 Å². The number of nitrogens with zero attached hydrogens (tertiary/aromatic N) is 1. The highest BCUT2D eigenvalue weighted by atomic mass is 32.2. The first-order chi connectivity index (χ1) is 8.96. The molecule has 5 heteroatoms. The van der Waals surface area contributed by atoms with E-state index in [1.807, 2.05) is 22.7 Å².